The van der Waals surface area contributed by atoms with Crippen LogP contribution in [0, 0.1) is 6.08 Å². The van der Waals surface area contributed by atoms with Crippen molar-refractivity contribution in [3.8, 4) is 0 Å². The number of hydrogen-bond acceptors (Lipinski definition) is 0. The van der Waals surface area contributed by atoms with Gasteiger partial charge in [-0.1, -0.05) is 6.08 Å². The van der Waals surface area contributed by atoms with E-state index in [-0.39, 0.29) is 21.7 Å². The van der Waals surface area contributed by atoms with Crippen LogP contribution in [0.15, 0.2) is 6.08 Å². The molecule has 0 saturated heterocycles. The molecule has 0 fully saturated rings. The molecule has 19 valence electrons. The van der Waals surface area contributed by atoms with E-state index in [1.54, 1.807) is 0 Å². The third-order valence-electron chi connectivity index (χ3n) is 0.204. The van der Waals surface area contributed by atoms with Crippen LogP contribution < -0.4 is 0 Å². The maximum Gasteiger partial charge on any atom is 0 e. The van der Waals surface area contributed by atoms with Crippen LogP contribution >= 0.6 is 0 Å². The monoisotopic (exact) mass is 87.0 g/mol. The molecule has 0 aromatic carbocycles. The van der Waals surface area contributed by atoms with Crippen molar-refractivity contribution in [2.24, 2.45) is 0 Å². The Hall–Kier alpha value is 0.454. The van der Waals surface area contributed by atoms with Gasteiger partial charge in [-0.15, -0.1) is 0 Å². The van der Waals surface area contributed by atoms with Crippen molar-refractivity contribution in [2.75, 3.05) is 0 Å². The number of rotatable bonds is 0. The van der Waals surface area contributed by atoms with E-state index in [0.29, 0.717) is 0 Å². The average Bonchev–Trinajstić information content (AvgIpc) is 1.46. The molecule has 1 radical (unpaired) electrons. The second kappa shape index (κ2) is 1.74. The topological polar surface area (TPSA) is 0 Å². The molecule has 0 bridgehead atoms. The van der Waals surface area contributed by atoms with E-state index in [1.165, 1.54) is 0 Å². The van der Waals surface area contributed by atoms with E-state index >= 15 is 0 Å². The molecule has 0 spiro atoms. The van der Waals surface area contributed by atoms with Crippen molar-refractivity contribution < 1.29 is 21.7 Å². The van der Waals surface area contributed by atoms with Crippen LogP contribution in [-0.2, 0) is 21.7 Å². The third-order valence-corrected chi connectivity index (χ3v) is 0.204. The third kappa shape index (κ3) is 2.45. The maximum atomic E-state index is 2.88. The molecule has 0 aliphatic heterocycles. The van der Waals surface area contributed by atoms with Gasteiger partial charge in [0, 0.05) is 21.7 Å². The Kier molecular flexibility index (Phi) is 1.94. The van der Waals surface area contributed by atoms with Crippen molar-refractivity contribution in [1.82, 2.24) is 0 Å². The Bertz CT molecular complexity index is 26.3. The summed E-state index contributed by atoms with van der Waals surface area (Å²) in [7, 11) is 0. The minimum absolute atomic E-state index is 0. The predicted octanol–water partition coefficient (Wildman–Crippen LogP) is 0.747. The summed E-state index contributed by atoms with van der Waals surface area (Å²) in [5.74, 6) is 0. The Balaban J connectivity index is 0.0000000900. The summed E-state index contributed by atoms with van der Waals surface area (Å²) in [4.78, 5) is 0. The van der Waals surface area contributed by atoms with Crippen LogP contribution in [0.5, 0.6) is 0 Å². The SMILES string of the molecule is [C]1=CC1.[Ti]. The zero-order chi connectivity index (χ0) is 2.12. The second-order valence-corrected chi connectivity index (χ2v) is 0.612. The first-order valence-corrected chi connectivity index (χ1v) is 1.05. The summed E-state index contributed by atoms with van der Waals surface area (Å²) in [5, 5.41) is 0. The minimum Gasteiger partial charge on any atom is -0.0763 e. The molecular formula is C3H3Ti. The van der Waals surface area contributed by atoms with E-state index in [4.69, 9.17) is 0 Å². The summed E-state index contributed by atoms with van der Waals surface area (Å²) in [5.41, 5.74) is 0. The molecule has 0 N–H and O–H groups in total. The average molecular weight is 86.9 g/mol. The van der Waals surface area contributed by atoms with Gasteiger partial charge in [-0.05, 0) is 12.5 Å². The first-order valence-electron chi connectivity index (χ1n) is 1.05. The quantitative estimate of drug-likeness (QED) is 0.382. The second-order valence-electron chi connectivity index (χ2n) is 0.612. The van der Waals surface area contributed by atoms with E-state index in [2.05, 4.69) is 6.08 Å². The van der Waals surface area contributed by atoms with E-state index in [9.17, 15) is 0 Å². The maximum absolute atomic E-state index is 2.88. The van der Waals surface area contributed by atoms with Gasteiger partial charge >= 0.3 is 0 Å². The van der Waals surface area contributed by atoms with Crippen molar-refractivity contribution in [1.29, 1.82) is 0 Å². The molecule has 0 nitrogen and oxygen atoms in total. The van der Waals surface area contributed by atoms with Gasteiger partial charge in [-0.25, -0.2) is 0 Å². The Morgan fingerprint density at radius 1 is 1.75 bits per heavy atom. The van der Waals surface area contributed by atoms with Gasteiger partial charge in [0.25, 0.3) is 0 Å². The zero-order valence-corrected chi connectivity index (χ0v) is 3.85. The molecule has 0 heterocycles. The largest absolute Gasteiger partial charge is 0.0763 e. The number of hydrogen-bond donors (Lipinski definition) is 0. The molecule has 0 aromatic rings. The molecule has 0 aromatic heterocycles. The van der Waals surface area contributed by atoms with Crippen molar-refractivity contribution >= 4 is 0 Å². The van der Waals surface area contributed by atoms with Gasteiger partial charge in [0.1, 0.15) is 0 Å². The van der Waals surface area contributed by atoms with Crippen LogP contribution in [0.3, 0.4) is 0 Å². The molecule has 0 amide bonds. The summed E-state index contributed by atoms with van der Waals surface area (Å²) in [6.07, 6.45) is 6.00. The van der Waals surface area contributed by atoms with Crippen LogP contribution in [0.25, 0.3) is 0 Å². The van der Waals surface area contributed by atoms with Crippen LogP contribution in [-0.4, -0.2) is 0 Å². The van der Waals surface area contributed by atoms with Gasteiger partial charge in [-0.3, -0.25) is 0 Å². The van der Waals surface area contributed by atoms with Gasteiger partial charge < -0.3 is 0 Å². The van der Waals surface area contributed by atoms with Crippen LogP contribution in [0.4, 0.5) is 0 Å². The van der Waals surface area contributed by atoms with Gasteiger partial charge in [0.15, 0.2) is 0 Å². The summed E-state index contributed by atoms with van der Waals surface area (Å²) in [6, 6.07) is 0. The smallest absolute Gasteiger partial charge is 0 e. The molecule has 1 aliphatic rings. The molecule has 1 heteroatoms. The van der Waals surface area contributed by atoms with E-state index in [0.717, 1.165) is 6.42 Å². The fraction of sp³-hybridized carbons (Fsp3) is 0.333. The summed E-state index contributed by atoms with van der Waals surface area (Å²) in [6.45, 7) is 0. The van der Waals surface area contributed by atoms with Gasteiger partial charge in [-0.2, -0.15) is 0 Å². The van der Waals surface area contributed by atoms with Crippen molar-refractivity contribution in [2.45, 2.75) is 6.42 Å². The molecule has 0 saturated carbocycles. The minimum atomic E-state index is 0. The Morgan fingerprint density at radius 2 is 2.00 bits per heavy atom. The molecule has 1 rings (SSSR count). The van der Waals surface area contributed by atoms with Gasteiger partial charge in [0.2, 0.25) is 0 Å². The van der Waals surface area contributed by atoms with Crippen molar-refractivity contribution in [3.05, 3.63) is 12.2 Å². The molecule has 0 unspecified atom stereocenters. The number of allylic oxidation sites excluding steroid dienone is 2. The fourth-order valence-corrected chi connectivity index (χ4v) is 0. The predicted molar refractivity (Wildman–Crippen MR) is 12.4 cm³/mol. The summed E-state index contributed by atoms with van der Waals surface area (Å²) >= 11 is 0. The van der Waals surface area contributed by atoms with Crippen LogP contribution in [0.2, 0.25) is 0 Å². The first-order chi connectivity index (χ1) is 1.50. The Labute approximate surface area is 40.8 Å². The fourth-order valence-electron chi connectivity index (χ4n) is 0. The Morgan fingerprint density at radius 3 is 2.00 bits per heavy atom. The zero-order valence-electron chi connectivity index (χ0n) is 2.28. The normalized spacial score (nSPS) is 14.0. The van der Waals surface area contributed by atoms with Gasteiger partial charge in [0.05, 0.1) is 0 Å². The standard InChI is InChI=1S/C3H3.Ti/c1-2-3-1;/h1H,2H2;. The molecule has 4 heavy (non-hydrogen) atoms. The summed E-state index contributed by atoms with van der Waals surface area (Å²) < 4.78 is 0. The molecule has 0 atom stereocenters. The molecule has 1 aliphatic carbocycles. The van der Waals surface area contributed by atoms with Crippen molar-refractivity contribution in [3.63, 3.8) is 0 Å². The molecular weight excluding hydrogens is 83.9 g/mol. The first kappa shape index (κ1) is 4.45. The van der Waals surface area contributed by atoms with E-state index < -0.39 is 0 Å². The van der Waals surface area contributed by atoms with Crippen LogP contribution in [0.1, 0.15) is 6.42 Å². The van der Waals surface area contributed by atoms with E-state index in [1.807, 2.05) is 6.08 Å².